The maximum absolute atomic E-state index is 11.1. The predicted molar refractivity (Wildman–Crippen MR) is 65.8 cm³/mol. The minimum absolute atomic E-state index is 0.255. The van der Waals surface area contributed by atoms with Gasteiger partial charge in [0.2, 0.25) is 0 Å². The van der Waals surface area contributed by atoms with Crippen LogP contribution in [0.15, 0.2) is 18.2 Å². The normalized spacial score (nSPS) is 13.2. The van der Waals surface area contributed by atoms with Gasteiger partial charge < -0.3 is 19.9 Å². The van der Waals surface area contributed by atoms with E-state index in [4.69, 9.17) is 19.9 Å². The number of fused-ring (bicyclic) bond motifs is 1. The minimum atomic E-state index is -0.255. The van der Waals surface area contributed by atoms with Gasteiger partial charge in [0.15, 0.2) is 11.5 Å². The molecule has 0 atom stereocenters. The molecule has 1 aromatic carbocycles. The van der Waals surface area contributed by atoms with Crippen LogP contribution in [0.5, 0.6) is 11.5 Å². The van der Waals surface area contributed by atoms with E-state index in [1.807, 2.05) is 18.2 Å². The van der Waals surface area contributed by atoms with Gasteiger partial charge in [-0.25, -0.2) is 0 Å². The summed E-state index contributed by atoms with van der Waals surface area (Å²) in [7, 11) is 0. The van der Waals surface area contributed by atoms with Crippen LogP contribution < -0.4 is 15.2 Å². The van der Waals surface area contributed by atoms with E-state index in [9.17, 15) is 4.79 Å². The molecule has 2 N–H and O–H groups in total. The molecule has 0 fully saturated rings. The molecule has 5 heteroatoms. The molecule has 2 rings (SSSR count). The van der Waals surface area contributed by atoms with Crippen molar-refractivity contribution in [1.29, 1.82) is 0 Å². The molecule has 0 saturated heterocycles. The largest absolute Gasteiger partial charge is 0.486 e. The van der Waals surface area contributed by atoms with Crippen LogP contribution in [0.1, 0.15) is 12.0 Å². The van der Waals surface area contributed by atoms with Crippen LogP contribution in [0, 0.1) is 0 Å². The van der Waals surface area contributed by atoms with E-state index >= 15 is 0 Å². The summed E-state index contributed by atoms with van der Waals surface area (Å²) in [6, 6.07) is 5.75. The third kappa shape index (κ3) is 3.37. The van der Waals surface area contributed by atoms with E-state index in [-0.39, 0.29) is 12.4 Å². The van der Waals surface area contributed by atoms with Crippen LogP contribution in [0.2, 0.25) is 0 Å². The Kier molecular flexibility index (Phi) is 4.41. The second-order valence-corrected chi connectivity index (χ2v) is 3.99. The highest BCUT2D eigenvalue weighted by atomic mass is 16.6. The Balaban J connectivity index is 1.84. The molecule has 1 heterocycles. The molecule has 0 aromatic heterocycles. The van der Waals surface area contributed by atoms with Gasteiger partial charge in [-0.3, -0.25) is 4.79 Å². The Morgan fingerprint density at radius 2 is 2.06 bits per heavy atom. The van der Waals surface area contributed by atoms with Crippen molar-refractivity contribution in [1.82, 2.24) is 0 Å². The van der Waals surface area contributed by atoms with Crippen LogP contribution in [0.25, 0.3) is 0 Å². The lowest BCUT2D eigenvalue weighted by Crippen LogP contribution is -2.15. The van der Waals surface area contributed by atoms with E-state index in [2.05, 4.69) is 0 Å². The lowest BCUT2D eigenvalue weighted by atomic mass is 10.1. The highest BCUT2D eigenvalue weighted by Gasteiger charge is 2.11. The van der Waals surface area contributed by atoms with E-state index in [1.54, 1.807) is 0 Å². The van der Waals surface area contributed by atoms with Gasteiger partial charge in [-0.2, -0.15) is 0 Å². The molecule has 1 aromatic rings. The van der Waals surface area contributed by atoms with Crippen molar-refractivity contribution in [2.75, 3.05) is 26.4 Å². The van der Waals surface area contributed by atoms with Gasteiger partial charge in [0.25, 0.3) is 0 Å². The summed E-state index contributed by atoms with van der Waals surface area (Å²) in [6.45, 7) is 1.84. The van der Waals surface area contributed by atoms with Gasteiger partial charge in [-0.15, -0.1) is 0 Å². The average molecular weight is 251 g/mol. The summed E-state index contributed by atoms with van der Waals surface area (Å²) in [5, 5.41) is 0. The molecule has 5 nitrogen and oxygen atoms in total. The number of benzene rings is 1. The summed E-state index contributed by atoms with van der Waals surface area (Å²) >= 11 is 0. The van der Waals surface area contributed by atoms with Crippen molar-refractivity contribution < 1.29 is 19.0 Å². The van der Waals surface area contributed by atoms with Crippen LogP contribution in [-0.2, 0) is 16.0 Å². The zero-order valence-corrected chi connectivity index (χ0v) is 10.2. The third-order valence-electron chi connectivity index (χ3n) is 2.61. The summed E-state index contributed by atoms with van der Waals surface area (Å²) in [5.41, 5.74) is 6.31. The molecule has 98 valence electrons. The zero-order valence-electron chi connectivity index (χ0n) is 10.2. The highest BCUT2D eigenvalue weighted by Crippen LogP contribution is 2.30. The zero-order chi connectivity index (χ0) is 12.8. The molecule has 1 aliphatic rings. The first-order valence-corrected chi connectivity index (χ1v) is 6.04. The Hall–Kier alpha value is -1.75. The van der Waals surface area contributed by atoms with E-state index in [0.29, 0.717) is 32.8 Å². The maximum atomic E-state index is 11.1. The van der Waals surface area contributed by atoms with Crippen molar-refractivity contribution in [3.63, 3.8) is 0 Å². The number of nitrogens with two attached hydrogens (primary N) is 1. The topological polar surface area (TPSA) is 70.8 Å². The average Bonchev–Trinajstić information content (AvgIpc) is 2.39. The second kappa shape index (κ2) is 6.26. The molecule has 1 aliphatic heterocycles. The molecular formula is C13H17NO4. The van der Waals surface area contributed by atoms with Crippen LogP contribution in [0.3, 0.4) is 0 Å². The fourth-order valence-corrected chi connectivity index (χ4v) is 1.72. The van der Waals surface area contributed by atoms with Gasteiger partial charge in [-0.05, 0) is 17.7 Å². The van der Waals surface area contributed by atoms with Crippen molar-refractivity contribution in [2.45, 2.75) is 12.8 Å². The van der Waals surface area contributed by atoms with E-state index < -0.39 is 0 Å². The maximum Gasteiger partial charge on any atom is 0.307 e. The molecule has 0 radical (unpaired) electrons. The number of hydrogen-bond donors (Lipinski definition) is 1. The summed E-state index contributed by atoms with van der Waals surface area (Å²) in [6.07, 6.45) is 0.925. The van der Waals surface area contributed by atoms with Crippen molar-refractivity contribution in [3.8, 4) is 11.5 Å². The van der Waals surface area contributed by atoms with Gasteiger partial charge >= 0.3 is 5.97 Å². The fourth-order valence-electron chi connectivity index (χ4n) is 1.72. The Labute approximate surface area is 106 Å². The molecule has 0 aliphatic carbocycles. The molecular weight excluding hydrogens is 234 g/mol. The fraction of sp³-hybridized carbons (Fsp3) is 0.462. The Morgan fingerprint density at radius 3 is 2.83 bits per heavy atom. The quantitative estimate of drug-likeness (QED) is 0.787. The number of rotatable bonds is 5. The van der Waals surface area contributed by atoms with Gasteiger partial charge in [-0.1, -0.05) is 6.07 Å². The van der Waals surface area contributed by atoms with Crippen molar-refractivity contribution in [2.24, 2.45) is 5.73 Å². The third-order valence-corrected chi connectivity index (χ3v) is 2.61. The first-order valence-electron chi connectivity index (χ1n) is 6.04. The van der Waals surface area contributed by atoms with Crippen LogP contribution in [-0.4, -0.2) is 32.3 Å². The lowest BCUT2D eigenvalue weighted by Gasteiger charge is -2.18. The van der Waals surface area contributed by atoms with Gasteiger partial charge in [0.1, 0.15) is 13.2 Å². The highest BCUT2D eigenvalue weighted by molar-refractivity contribution is 5.69. The molecule has 0 bridgehead atoms. The molecule has 0 amide bonds. The summed E-state index contributed by atoms with van der Waals surface area (Å²) in [5.74, 6) is 1.27. The summed E-state index contributed by atoms with van der Waals surface area (Å²) < 4.78 is 15.9. The number of carbonyl (C=O) groups is 1. The van der Waals surface area contributed by atoms with E-state index in [1.165, 1.54) is 0 Å². The predicted octanol–water partition coefficient (Wildman–Crippen LogP) is 0.892. The first kappa shape index (κ1) is 12.7. The number of carbonyl (C=O) groups excluding carboxylic acids is 1. The number of hydrogen-bond acceptors (Lipinski definition) is 5. The lowest BCUT2D eigenvalue weighted by molar-refractivity contribution is -0.143. The smallest absolute Gasteiger partial charge is 0.307 e. The van der Waals surface area contributed by atoms with Crippen LogP contribution >= 0.6 is 0 Å². The first-order chi connectivity index (χ1) is 8.79. The molecule has 0 saturated carbocycles. The van der Waals surface area contributed by atoms with Crippen molar-refractivity contribution >= 4 is 5.97 Å². The standard InChI is InChI=1S/C13H17NO4/c14-5-3-13(15)18-6-4-10-1-2-11-12(9-10)17-8-7-16-11/h1-2,9H,3-8,14H2. The monoisotopic (exact) mass is 251 g/mol. The molecule has 0 spiro atoms. The van der Waals surface area contributed by atoms with Gasteiger partial charge in [0.05, 0.1) is 13.0 Å². The van der Waals surface area contributed by atoms with Crippen LogP contribution in [0.4, 0.5) is 0 Å². The van der Waals surface area contributed by atoms with E-state index in [0.717, 1.165) is 17.1 Å². The Bertz CT molecular complexity index is 419. The molecule has 0 unspecified atom stereocenters. The molecule has 18 heavy (non-hydrogen) atoms. The summed E-state index contributed by atoms with van der Waals surface area (Å²) in [4.78, 5) is 11.1. The number of ether oxygens (including phenoxy) is 3. The SMILES string of the molecule is NCCC(=O)OCCc1ccc2c(c1)OCCO2. The number of esters is 1. The van der Waals surface area contributed by atoms with Gasteiger partial charge in [0, 0.05) is 13.0 Å². The Morgan fingerprint density at radius 1 is 1.28 bits per heavy atom. The van der Waals surface area contributed by atoms with Crippen molar-refractivity contribution in [3.05, 3.63) is 23.8 Å². The minimum Gasteiger partial charge on any atom is -0.486 e. The second-order valence-electron chi connectivity index (χ2n) is 3.99.